The van der Waals surface area contributed by atoms with Crippen molar-refractivity contribution in [2.45, 2.75) is 25.8 Å². The van der Waals surface area contributed by atoms with E-state index in [1.165, 1.54) is 0 Å². The quantitative estimate of drug-likeness (QED) is 0.941. The Morgan fingerprint density at radius 2 is 2.05 bits per heavy atom. The molecule has 1 aliphatic heterocycles. The molecule has 108 valence electrons. The summed E-state index contributed by atoms with van der Waals surface area (Å²) in [7, 11) is 1.66. The molecule has 4 heteroatoms. The minimum absolute atomic E-state index is 0.0460. The van der Waals surface area contributed by atoms with E-state index in [1.54, 1.807) is 7.11 Å². The van der Waals surface area contributed by atoms with Crippen LogP contribution in [0.3, 0.4) is 0 Å². The first-order valence-electron chi connectivity index (χ1n) is 6.95. The van der Waals surface area contributed by atoms with E-state index in [9.17, 15) is 4.79 Å². The van der Waals surface area contributed by atoms with Gasteiger partial charge in [0.2, 0.25) is 0 Å². The molecule has 0 saturated heterocycles. The molecule has 0 aromatic heterocycles. The van der Waals surface area contributed by atoms with Crippen molar-refractivity contribution in [1.82, 2.24) is 5.32 Å². The number of benzene rings is 2. The minimum atomic E-state index is -0.669. The number of ether oxygens (including phenoxy) is 1. The molecule has 0 atom stereocenters. The lowest BCUT2D eigenvalue weighted by Gasteiger charge is -2.08. The average molecular weight is 282 g/mol. The fraction of sp³-hybridized carbons (Fsp3) is 0.294. The molecule has 1 aliphatic rings. The van der Waals surface area contributed by atoms with E-state index in [0.29, 0.717) is 6.42 Å². The molecule has 0 radical (unpaired) electrons. The van der Waals surface area contributed by atoms with Crippen LogP contribution in [0.25, 0.3) is 10.8 Å². The lowest BCUT2D eigenvalue weighted by Crippen LogP contribution is -2.34. The van der Waals surface area contributed by atoms with Crippen LogP contribution >= 0.6 is 0 Å². The first-order valence-corrected chi connectivity index (χ1v) is 6.95. The highest BCUT2D eigenvalue weighted by atomic mass is 16.5. The van der Waals surface area contributed by atoms with E-state index in [-0.39, 0.29) is 5.91 Å². The van der Waals surface area contributed by atoms with Crippen molar-refractivity contribution in [3.05, 3.63) is 42.0 Å². The highest BCUT2D eigenvalue weighted by Gasteiger charge is 2.33. The lowest BCUT2D eigenvalue weighted by atomic mass is 10.0. The molecule has 1 amide bonds. The van der Waals surface area contributed by atoms with E-state index in [4.69, 9.17) is 4.74 Å². The Labute approximate surface area is 123 Å². The van der Waals surface area contributed by atoms with Crippen LogP contribution in [0.15, 0.2) is 41.4 Å². The molecule has 0 unspecified atom stereocenters. The average Bonchev–Trinajstić information content (AvgIpc) is 2.71. The van der Waals surface area contributed by atoms with Gasteiger partial charge in [-0.1, -0.05) is 24.3 Å². The predicted molar refractivity (Wildman–Crippen MR) is 83.9 cm³/mol. The summed E-state index contributed by atoms with van der Waals surface area (Å²) in [5, 5.41) is 5.14. The second-order valence-electron chi connectivity index (χ2n) is 5.75. The van der Waals surface area contributed by atoms with Gasteiger partial charge in [-0.25, -0.2) is 0 Å². The number of amidine groups is 1. The number of aliphatic imine (C=N–C) groups is 1. The van der Waals surface area contributed by atoms with Crippen LogP contribution in [0.5, 0.6) is 5.75 Å². The summed E-state index contributed by atoms with van der Waals surface area (Å²) in [4.78, 5) is 16.3. The molecule has 0 saturated carbocycles. The highest BCUT2D eigenvalue weighted by molar-refractivity contribution is 6.09. The molecular weight excluding hydrogens is 264 g/mol. The summed E-state index contributed by atoms with van der Waals surface area (Å²) in [6.45, 7) is 3.64. The van der Waals surface area contributed by atoms with Gasteiger partial charge in [0, 0.05) is 6.42 Å². The Hall–Kier alpha value is -2.36. The Morgan fingerprint density at radius 3 is 2.71 bits per heavy atom. The van der Waals surface area contributed by atoms with Crippen molar-refractivity contribution in [2.75, 3.05) is 7.11 Å². The Bertz CT molecular complexity index is 748. The van der Waals surface area contributed by atoms with Crippen LogP contribution < -0.4 is 10.1 Å². The van der Waals surface area contributed by atoms with Crippen molar-refractivity contribution in [2.24, 2.45) is 4.99 Å². The Balaban J connectivity index is 2.00. The summed E-state index contributed by atoms with van der Waals surface area (Å²) in [5.74, 6) is 1.50. The van der Waals surface area contributed by atoms with E-state index in [1.807, 2.05) is 38.1 Å². The van der Waals surface area contributed by atoms with Gasteiger partial charge in [-0.05, 0) is 42.3 Å². The molecule has 0 aliphatic carbocycles. The van der Waals surface area contributed by atoms with Gasteiger partial charge in [-0.3, -0.25) is 9.79 Å². The zero-order valence-electron chi connectivity index (χ0n) is 12.4. The Kier molecular flexibility index (Phi) is 3.16. The smallest absolute Gasteiger partial charge is 0.252 e. The second kappa shape index (κ2) is 4.88. The third-order valence-corrected chi connectivity index (χ3v) is 3.77. The van der Waals surface area contributed by atoms with Crippen molar-refractivity contribution in [1.29, 1.82) is 0 Å². The van der Waals surface area contributed by atoms with Gasteiger partial charge in [0.05, 0.1) is 7.11 Å². The third kappa shape index (κ3) is 2.49. The number of amides is 1. The van der Waals surface area contributed by atoms with Gasteiger partial charge in [-0.15, -0.1) is 0 Å². The normalized spacial score (nSPS) is 16.7. The summed E-state index contributed by atoms with van der Waals surface area (Å²) in [6, 6.07) is 12.2. The number of nitrogens with zero attached hydrogens (tertiary/aromatic N) is 1. The molecule has 0 spiro atoms. The van der Waals surface area contributed by atoms with E-state index >= 15 is 0 Å². The largest absolute Gasteiger partial charge is 0.497 e. The van der Waals surface area contributed by atoms with Crippen LogP contribution in [0, 0.1) is 0 Å². The summed E-state index contributed by atoms with van der Waals surface area (Å²) < 4.78 is 5.30. The second-order valence-corrected chi connectivity index (χ2v) is 5.75. The van der Waals surface area contributed by atoms with Crippen LogP contribution in [0.4, 0.5) is 0 Å². The highest BCUT2D eigenvalue weighted by Crippen LogP contribution is 2.25. The summed E-state index contributed by atoms with van der Waals surface area (Å²) in [6.07, 6.45) is 0.611. The predicted octanol–water partition coefficient (Wildman–Crippen LogP) is 2.70. The zero-order valence-corrected chi connectivity index (χ0v) is 12.4. The molecule has 2 aromatic carbocycles. The fourth-order valence-corrected chi connectivity index (χ4v) is 2.56. The van der Waals surface area contributed by atoms with E-state index in [0.717, 1.165) is 27.9 Å². The van der Waals surface area contributed by atoms with Crippen LogP contribution in [-0.2, 0) is 11.2 Å². The van der Waals surface area contributed by atoms with Crippen molar-refractivity contribution >= 4 is 22.5 Å². The first-order chi connectivity index (χ1) is 9.99. The standard InChI is InChI=1S/C17H18N2O2/c1-17(2)16(20)18-15(19-17)9-12-6-4-5-11-7-8-13(21-3)10-14(11)12/h4-8,10H,9H2,1-3H3,(H,18,19,20). The molecular formula is C17H18N2O2. The van der Waals surface area contributed by atoms with Gasteiger partial charge < -0.3 is 10.1 Å². The molecule has 0 fully saturated rings. The van der Waals surface area contributed by atoms with Gasteiger partial charge in [0.25, 0.3) is 5.91 Å². The van der Waals surface area contributed by atoms with Crippen molar-refractivity contribution in [3.8, 4) is 5.75 Å². The fourth-order valence-electron chi connectivity index (χ4n) is 2.56. The molecule has 4 nitrogen and oxygen atoms in total. The number of fused-ring (bicyclic) bond motifs is 1. The van der Waals surface area contributed by atoms with Crippen LogP contribution in [-0.4, -0.2) is 24.4 Å². The maximum absolute atomic E-state index is 11.8. The first kappa shape index (κ1) is 13.6. The minimum Gasteiger partial charge on any atom is -0.497 e. The molecule has 21 heavy (non-hydrogen) atoms. The lowest BCUT2D eigenvalue weighted by molar-refractivity contribution is -0.122. The monoisotopic (exact) mass is 282 g/mol. The third-order valence-electron chi connectivity index (χ3n) is 3.77. The number of methoxy groups -OCH3 is 1. The summed E-state index contributed by atoms with van der Waals surface area (Å²) in [5.41, 5.74) is 0.459. The maximum atomic E-state index is 11.8. The topological polar surface area (TPSA) is 50.7 Å². The number of rotatable bonds is 3. The number of hydrogen-bond acceptors (Lipinski definition) is 3. The van der Waals surface area contributed by atoms with Crippen molar-refractivity contribution < 1.29 is 9.53 Å². The van der Waals surface area contributed by atoms with Gasteiger partial charge in [0.1, 0.15) is 17.1 Å². The molecule has 2 aromatic rings. The molecule has 1 heterocycles. The van der Waals surface area contributed by atoms with Crippen LogP contribution in [0.1, 0.15) is 19.4 Å². The van der Waals surface area contributed by atoms with Crippen molar-refractivity contribution in [3.63, 3.8) is 0 Å². The molecule has 3 rings (SSSR count). The molecule has 1 N–H and O–H groups in total. The van der Waals surface area contributed by atoms with E-state index in [2.05, 4.69) is 22.4 Å². The zero-order chi connectivity index (χ0) is 15.0. The van der Waals surface area contributed by atoms with Gasteiger partial charge in [0.15, 0.2) is 0 Å². The maximum Gasteiger partial charge on any atom is 0.252 e. The van der Waals surface area contributed by atoms with Crippen LogP contribution in [0.2, 0.25) is 0 Å². The molecule has 0 bridgehead atoms. The number of nitrogens with one attached hydrogen (secondary N) is 1. The van der Waals surface area contributed by atoms with Gasteiger partial charge >= 0.3 is 0 Å². The summed E-state index contributed by atoms with van der Waals surface area (Å²) >= 11 is 0. The number of carbonyl (C=O) groups is 1. The van der Waals surface area contributed by atoms with E-state index < -0.39 is 5.54 Å². The number of carbonyl (C=O) groups excluding carboxylic acids is 1. The number of hydrogen-bond donors (Lipinski definition) is 1. The Morgan fingerprint density at radius 1 is 1.24 bits per heavy atom. The SMILES string of the molecule is COc1ccc2cccc(CC3=NC(C)(C)C(=O)N3)c2c1. The van der Waals surface area contributed by atoms with Gasteiger partial charge in [-0.2, -0.15) is 0 Å².